The molecule has 0 saturated heterocycles. The van der Waals surface area contributed by atoms with Gasteiger partial charge in [0.15, 0.2) is 0 Å². The molecular weight excluding hydrogens is 236 g/mol. The van der Waals surface area contributed by atoms with Gasteiger partial charge in [0.05, 0.1) is 0 Å². The Morgan fingerprint density at radius 2 is 1.68 bits per heavy atom. The minimum atomic E-state index is 0.127. The highest BCUT2D eigenvalue weighted by Crippen LogP contribution is 2.22. The van der Waals surface area contributed by atoms with Crippen molar-refractivity contribution in [3.05, 3.63) is 33.9 Å². The number of rotatable bonds is 5. The number of aryl methyl sites for hydroxylation is 2. The van der Waals surface area contributed by atoms with Crippen LogP contribution in [0.25, 0.3) is 0 Å². The van der Waals surface area contributed by atoms with Gasteiger partial charge >= 0.3 is 0 Å². The topological polar surface area (TPSA) is 46.3 Å². The van der Waals surface area contributed by atoms with E-state index in [0.29, 0.717) is 13.0 Å². The average Bonchev–Trinajstić information content (AvgIpc) is 2.36. The number of nitrogens with two attached hydrogens (primary N) is 1. The largest absolute Gasteiger partial charge is 0.345 e. The number of carbonyl (C=O) groups is 1. The highest BCUT2D eigenvalue weighted by molar-refractivity contribution is 5.76. The van der Waals surface area contributed by atoms with Crippen molar-refractivity contribution in [2.24, 2.45) is 5.73 Å². The average molecular weight is 262 g/mol. The molecular formula is C16H26N2O. The van der Waals surface area contributed by atoms with Crippen LogP contribution >= 0.6 is 0 Å². The summed E-state index contributed by atoms with van der Waals surface area (Å²) in [7, 11) is 1.85. The van der Waals surface area contributed by atoms with E-state index in [1.165, 1.54) is 27.8 Å². The van der Waals surface area contributed by atoms with Gasteiger partial charge in [0.1, 0.15) is 0 Å². The van der Waals surface area contributed by atoms with E-state index in [1.54, 1.807) is 4.90 Å². The summed E-state index contributed by atoms with van der Waals surface area (Å²) < 4.78 is 0. The lowest BCUT2D eigenvalue weighted by Crippen LogP contribution is -2.30. The molecule has 0 aromatic heterocycles. The second-order valence-electron chi connectivity index (χ2n) is 5.34. The fourth-order valence-electron chi connectivity index (χ4n) is 2.39. The van der Waals surface area contributed by atoms with E-state index in [2.05, 4.69) is 33.8 Å². The van der Waals surface area contributed by atoms with Gasteiger partial charge < -0.3 is 10.6 Å². The van der Waals surface area contributed by atoms with Crippen LogP contribution in [-0.4, -0.2) is 30.9 Å². The molecule has 1 rings (SSSR count). The Bertz CT molecular complexity index is 440. The molecule has 1 aromatic carbocycles. The maximum atomic E-state index is 11.7. The van der Waals surface area contributed by atoms with Crippen molar-refractivity contribution in [3.63, 3.8) is 0 Å². The van der Waals surface area contributed by atoms with Gasteiger partial charge in [-0.3, -0.25) is 4.79 Å². The molecule has 19 heavy (non-hydrogen) atoms. The molecule has 0 aliphatic heterocycles. The summed E-state index contributed by atoms with van der Waals surface area (Å²) >= 11 is 0. The maximum absolute atomic E-state index is 11.7. The van der Waals surface area contributed by atoms with Crippen LogP contribution in [0.5, 0.6) is 0 Å². The lowest BCUT2D eigenvalue weighted by molar-refractivity contribution is -0.129. The van der Waals surface area contributed by atoms with Gasteiger partial charge in [-0.1, -0.05) is 6.07 Å². The van der Waals surface area contributed by atoms with Crippen LogP contribution in [0.1, 0.15) is 34.2 Å². The van der Waals surface area contributed by atoms with Gasteiger partial charge in [-0.25, -0.2) is 0 Å². The zero-order chi connectivity index (χ0) is 14.6. The number of nitrogens with zero attached hydrogens (tertiary/aromatic N) is 1. The van der Waals surface area contributed by atoms with E-state index < -0.39 is 0 Å². The molecule has 0 spiro atoms. The van der Waals surface area contributed by atoms with Crippen molar-refractivity contribution in [1.82, 2.24) is 4.90 Å². The number of hydrogen-bond donors (Lipinski definition) is 1. The maximum Gasteiger partial charge on any atom is 0.223 e. The summed E-state index contributed by atoms with van der Waals surface area (Å²) in [5.74, 6) is 0.127. The summed E-state index contributed by atoms with van der Waals surface area (Å²) in [5.41, 5.74) is 12.1. The Morgan fingerprint density at radius 3 is 2.16 bits per heavy atom. The van der Waals surface area contributed by atoms with Crippen LogP contribution < -0.4 is 5.73 Å². The van der Waals surface area contributed by atoms with Gasteiger partial charge in [0.2, 0.25) is 5.91 Å². The van der Waals surface area contributed by atoms with Gasteiger partial charge in [-0.2, -0.15) is 0 Å². The molecule has 1 amide bonds. The molecule has 0 saturated carbocycles. The molecule has 0 fully saturated rings. The fourth-order valence-corrected chi connectivity index (χ4v) is 2.39. The Kier molecular flexibility index (Phi) is 5.55. The van der Waals surface area contributed by atoms with E-state index in [9.17, 15) is 4.79 Å². The first kappa shape index (κ1) is 15.7. The molecule has 0 atom stereocenters. The SMILES string of the molecule is Cc1cc(C)c(C)c(CCN(C)C(=O)CCN)c1C. The highest BCUT2D eigenvalue weighted by atomic mass is 16.2. The third kappa shape index (κ3) is 3.80. The van der Waals surface area contributed by atoms with Crippen molar-refractivity contribution in [2.75, 3.05) is 20.1 Å². The van der Waals surface area contributed by atoms with Crippen molar-refractivity contribution in [3.8, 4) is 0 Å². The molecule has 0 aliphatic carbocycles. The van der Waals surface area contributed by atoms with Crippen molar-refractivity contribution in [2.45, 2.75) is 40.5 Å². The van der Waals surface area contributed by atoms with Gasteiger partial charge in [-0.05, 0) is 61.9 Å². The van der Waals surface area contributed by atoms with Crippen LogP contribution in [0.4, 0.5) is 0 Å². The molecule has 3 nitrogen and oxygen atoms in total. The monoisotopic (exact) mass is 262 g/mol. The van der Waals surface area contributed by atoms with Gasteiger partial charge in [-0.15, -0.1) is 0 Å². The standard InChI is InChI=1S/C16H26N2O/c1-11-10-12(2)14(4)15(13(11)3)7-9-18(5)16(19)6-8-17/h10H,6-9,17H2,1-5H3. The minimum absolute atomic E-state index is 0.127. The van der Waals surface area contributed by atoms with Crippen molar-refractivity contribution < 1.29 is 4.79 Å². The molecule has 2 N–H and O–H groups in total. The number of hydrogen-bond acceptors (Lipinski definition) is 2. The normalized spacial score (nSPS) is 10.6. The van der Waals surface area contributed by atoms with Crippen LogP contribution in [0, 0.1) is 27.7 Å². The van der Waals surface area contributed by atoms with Crippen molar-refractivity contribution >= 4 is 5.91 Å². The molecule has 3 heteroatoms. The molecule has 0 heterocycles. The number of benzene rings is 1. The fraction of sp³-hybridized carbons (Fsp3) is 0.562. The van der Waals surface area contributed by atoms with Gasteiger partial charge in [0, 0.05) is 26.6 Å². The van der Waals surface area contributed by atoms with Crippen LogP contribution in [0.15, 0.2) is 6.07 Å². The number of likely N-dealkylation sites (N-methyl/N-ethyl adjacent to an activating group) is 1. The number of carbonyl (C=O) groups excluding carboxylic acids is 1. The summed E-state index contributed by atoms with van der Waals surface area (Å²) in [4.78, 5) is 13.5. The number of amides is 1. The van der Waals surface area contributed by atoms with E-state index in [0.717, 1.165) is 13.0 Å². The Balaban J connectivity index is 2.81. The second-order valence-corrected chi connectivity index (χ2v) is 5.34. The van der Waals surface area contributed by atoms with Crippen molar-refractivity contribution in [1.29, 1.82) is 0 Å². The molecule has 1 aromatic rings. The minimum Gasteiger partial charge on any atom is -0.345 e. The predicted octanol–water partition coefficient (Wildman–Crippen LogP) is 2.27. The van der Waals surface area contributed by atoms with Crippen LogP contribution in [0.3, 0.4) is 0 Å². The first-order valence-corrected chi connectivity index (χ1v) is 6.88. The van der Waals surface area contributed by atoms with Gasteiger partial charge in [0.25, 0.3) is 0 Å². The lowest BCUT2D eigenvalue weighted by atomic mass is 9.92. The third-order valence-corrected chi connectivity index (χ3v) is 4.00. The van der Waals surface area contributed by atoms with E-state index in [-0.39, 0.29) is 5.91 Å². The Morgan fingerprint density at radius 1 is 1.16 bits per heavy atom. The molecule has 0 aliphatic rings. The highest BCUT2D eigenvalue weighted by Gasteiger charge is 2.11. The first-order valence-electron chi connectivity index (χ1n) is 6.88. The zero-order valence-corrected chi connectivity index (χ0v) is 12.8. The predicted molar refractivity (Wildman–Crippen MR) is 80.4 cm³/mol. The smallest absolute Gasteiger partial charge is 0.223 e. The Hall–Kier alpha value is -1.35. The van der Waals surface area contributed by atoms with E-state index in [1.807, 2.05) is 7.05 Å². The Labute approximate surface area is 116 Å². The second kappa shape index (κ2) is 6.71. The summed E-state index contributed by atoms with van der Waals surface area (Å²) in [6, 6.07) is 2.23. The summed E-state index contributed by atoms with van der Waals surface area (Å²) in [6.07, 6.45) is 1.34. The first-order chi connectivity index (χ1) is 8.88. The lowest BCUT2D eigenvalue weighted by Gasteiger charge is -2.20. The molecule has 0 bridgehead atoms. The zero-order valence-electron chi connectivity index (χ0n) is 12.8. The molecule has 106 valence electrons. The molecule has 0 radical (unpaired) electrons. The third-order valence-electron chi connectivity index (χ3n) is 4.00. The van der Waals surface area contributed by atoms with E-state index >= 15 is 0 Å². The van der Waals surface area contributed by atoms with Crippen LogP contribution in [0.2, 0.25) is 0 Å². The van der Waals surface area contributed by atoms with Crippen LogP contribution in [-0.2, 0) is 11.2 Å². The summed E-state index contributed by atoms with van der Waals surface area (Å²) in [6.45, 7) is 9.80. The summed E-state index contributed by atoms with van der Waals surface area (Å²) in [5, 5.41) is 0. The molecule has 0 unspecified atom stereocenters. The quantitative estimate of drug-likeness (QED) is 0.885. The van der Waals surface area contributed by atoms with E-state index in [4.69, 9.17) is 5.73 Å².